The van der Waals surface area contributed by atoms with Gasteiger partial charge >= 0.3 is 0 Å². The summed E-state index contributed by atoms with van der Waals surface area (Å²) in [4.78, 5) is 32.9. The molecule has 11 heteroatoms. The Bertz CT molecular complexity index is 1920. The van der Waals surface area contributed by atoms with Gasteiger partial charge in [-0.2, -0.15) is 10.4 Å². The Balaban J connectivity index is 1.52. The van der Waals surface area contributed by atoms with E-state index < -0.39 is 0 Å². The van der Waals surface area contributed by atoms with Crippen molar-refractivity contribution in [2.75, 3.05) is 50.8 Å². The zero-order valence-corrected chi connectivity index (χ0v) is 24.9. The number of benzene rings is 2. The van der Waals surface area contributed by atoms with Crippen LogP contribution in [0, 0.1) is 18.3 Å². The SMILES string of the molecule is C=CC(=O)N1CCN(c2c(C#N)c(=O)n3c4c(c(-c5c(C)ccc6[nH]ncc56)c(Cl)cc24)OCC3CN2CCC2)[C@@H](C)C1. The van der Waals surface area contributed by atoms with Gasteiger partial charge in [-0.1, -0.05) is 24.2 Å². The summed E-state index contributed by atoms with van der Waals surface area (Å²) in [5.41, 5.74) is 4.41. The Kier molecular flexibility index (Phi) is 6.67. The first kappa shape index (κ1) is 27.5. The highest BCUT2D eigenvalue weighted by molar-refractivity contribution is 6.36. The van der Waals surface area contributed by atoms with Gasteiger partial charge in [0.2, 0.25) is 5.91 Å². The predicted octanol–water partition coefficient (Wildman–Crippen LogP) is 4.24. The molecule has 2 aromatic heterocycles. The molecule has 0 spiro atoms. The second kappa shape index (κ2) is 10.4. The van der Waals surface area contributed by atoms with E-state index in [1.54, 1.807) is 15.7 Å². The highest BCUT2D eigenvalue weighted by Gasteiger charge is 2.37. The van der Waals surface area contributed by atoms with Gasteiger partial charge in [0.05, 0.1) is 34.0 Å². The van der Waals surface area contributed by atoms with Crippen molar-refractivity contribution in [2.45, 2.75) is 32.4 Å². The average Bonchev–Trinajstić information content (AvgIpc) is 3.46. The van der Waals surface area contributed by atoms with Gasteiger partial charge in [0.25, 0.3) is 5.56 Å². The minimum atomic E-state index is -0.330. The summed E-state index contributed by atoms with van der Waals surface area (Å²) in [5, 5.41) is 19.8. The lowest BCUT2D eigenvalue weighted by atomic mass is 9.92. The number of carbonyl (C=O) groups is 1. The maximum absolute atomic E-state index is 14.4. The Hall–Kier alpha value is -4.33. The van der Waals surface area contributed by atoms with Crippen LogP contribution in [0.15, 0.2) is 41.8 Å². The summed E-state index contributed by atoms with van der Waals surface area (Å²) in [5.74, 6) is 0.401. The summed E-state index contributed by atoms with van der Waals surface area (Å²) >= 11 is 7.18. The molecule has 0 radical (unpaired) electrons. The third-order valence-electron chi connectivity index (χ3n) is 9.17. The van der Waals surface area contributed by atoms with Crippen LogP contribution < -0.4 is 15.2 Å². The number of likely N-dealkylation sites (tertiary alicyclic amines) is 1. The molecule has 3 aliphatic heterocycles. The maximum atomic E-state index is 14.4. The number of aromatic amines is 1. The first-order chi connectivity index (χ1) is 20.8. The summed E-state index contributed by atoms with van der Waals surface area (Å²) in [7, 11) is 0. The van der Waals surface area contributed by atoms with E-state index in [9.17, 15) is 14.9 Å². The molecule has 7 rings (SSSR count). The molecule has 2 fully saturated rings. The normalized spacial score (nSPS) is 20.1. The number of H-pyrrole nitrogens is 1. The Morgan fingerprint density at radius 3 is 2.77 bits per heavy atom. The van der Waals surface area contributed by atoms with E-state index in [4.69, 9.17) is 16.3 Å². The lowest BCUT2D eigenvalue weighted by Gasteiger charge is -2.42. The number of nitrogens with one attached hydrogen (secondary N) is 1. The summed E-state index contributed by atoms with van der Waals surface area (Å²) in [6.45, 7) is 11.9. The molecule has 2 saturated heterocycles. The number of carbonyl (C=O) groups excluding carboxylic acids is 1. The number of nitrogens with zero attached hydrogens (tertiary/aromatic N) is 6. The standard InChI is InChI=1S/C32H32ClN7O3/c1-4-26(41)38-10-11-39(19(3)15-38)29-21-12-24(33)28(27-18(2)6-7-25-23(27)14-35-36-25)31-30(21)40(32(42)22(29)13-34)20(17-43-31)16-37-8-5-9-37/h4,6-7,12,14,19-20H,1,5,8-11,15-17H2,2-3H3,(H,35,36)/t19-,20?/m0/s1. The molecule has 220 valence electrons. The average molecular weight is 598 g/mol. The van der Waals surface area contributed by atoms with Gasteiger partial charge in [-0.05, 0) is 57.1 Å². The molecular formula is C32H32ClN7O3. The van der Waals surface area contributed by atoms with Gasteiger partial charge < -0.3 is 19.4 Å². The van der Waals surface area contributed by atoms with E-state index in [-0.39, 0.29) is 35.7 Å². The fourth-order valence-corrected chi connectivity index (χ4v) is 7.23. The number of amides is 1. The summed E-state index contributed by atoms with van der Waals surface area (Å²) in [6.07, 6.45) is 4.23. The van der Waals surface area contributed by atoms with Crippen molar-refractivity contribution in [1.82, 2.24) is 24.6 Å². The third-order valence-corrected chi connectivity index (χ3v) is 9.47. The minimum Gasteiger partial charge on any atom is -0.488 e. The van der Waals surface area contributed by atoms with E-state index in [2.05, 4.69) is 32.6 Å². The van der Waals surface area contributed by atoms with Gasteiger partial charge in [0, 0.05) is 54.1 Å². The number of piperazine rings is 1. The summed E-state index contributed by atoms with van der Waals surface area (Å²) < 4.78 is 8.40. The highest BCUT2D eigenvalue weighted by Crippen LogP contribution is 2.50. The number of aryl methyl sites for hydroxylation is 1. The van der Waals surface area contributed by atoms with Crippen molar-refractivity contribution in [2.24, 2.45) is 0 Å². The Labute approximate surface area is 253 Å². The van der Waals surface area contributed by atoms with Gasteiger partial charge in [0.1, 0.15) is 18.2 Å². The third kappa shape index (κ3) is 4.21. The lowest BCUT2D eigenvalue weighted by Crippen LogP contribution is -2.54. The molecule has 1 N–H and O–H groups in total. The number of rotatable bonds is 5. The van der Waals surface area contributed by atoms with Gasteiger partial charge in [-0.25, -0.2) is 0 Å². The number of halogens is 1. The number of hydrogen-bond donors (Lipinski definition) is 1. The molecule has 5 heterocycles. The largest absolute Gasteiger partial charge is 0.488 e. The number of fused-ring (bicyclic) bond motifs is 1. The topological polar surface area (TPSA) is 110 Å². The van der Waals surface area contributed by atoms with Crippen molar-refractivity contribution in [1.29, 1.82) is 5.26 Å². The van der Waals surface area contributed by atoms with Crippen LogP contribution in [0.1, 0.15) is 30.5 Å². The molecule has 1 unspecified atom stereocenters. The van der Waals surface area contributed by atoms with Crippen LogP contribution in [0.4, 0.5) is 5.69 Å². The van der Waals surface area contributed by atoms with Crippen LogP contribution in [0.3, 0.4) is 0 Å². The van der Waals surface area contributed by atoms with E-state index >= 15 is 0 Å². The maximum Gasteiger partial charge on any atom is 0.271 e. The molecule has 10 nitrogen and oxygen atoms in total. The second-order valence-electron chi connectivity index (χ2n) is 11.7. The number of hydrogen-bond acceptors (Lipinski definition) is 7. The zero-order valence-electron chi connectivity index (χ0n) is 24.2. The van der Waals surface area contributed by atoms with E-state index in [1.165, 1.54) is 6.08 Å². The number of aromatic nitrogens is 3. The van der Waals surface area contributed by atoms with E-state index in [0.29, 0.717) is 59.1 Å². The monoisotopic (exact) mass is 597 g/mol. The van der Waals surface area contributed by atoms with Crippen LogP contribution >= 0.6 is 11.6 Å². The van der Waals surface area contributed by atoms with Crippen molar-refractivity contribution < 1.29 is 9.53 Å². The Morgan fingerprint density at radius 1 is 1.26 bits per heavy atom. The quantitative estimate of drug-likeness (QED) is 0.343. The van der Waals surface area contributed by atoms with Gasteiger partial charge in [-0.15, -0.1) is 0 Å². The summed E-state index contributed by atoms with van der Waals surface area (Å²) in [6, 6.07) is 7.71. The molecule has 0 aliphatic carbocycles. The van der Waals surface area contributed by atoms with Gasteiger partial charge in [0.15, 0.2) is 5.75 Å². The highest BCUT2D eigenvalue weighted by atomic mass is 35.5. The molecule has 2 aromatic carbocycles. The zero-order chi connectivity index (χ0) is 30.0. The van der Waals surface area contributed by atoms with Crippen LogP contribution in [-0.4, -0.2) is 82.4 Å². The molecular weight excluding hydrogens is 566 g/mol. The van der Waals surface area contributed by atoms with Crippen molar-refractivity contribution in [3.63, 3.8) is 0 Å². The smallest absolute Gasteiger partial charge is 0.271 e. The molecule has 0 bridgehead atoms. The van der Waals surface area contributed by atoms with Crippen LogP contribution in [0.2, 0.25) is 5.02 Å². The van der Waals surface area contributed by atoms with Crippen LogP contribution in [-0.2, 0) is 4.79 Å². The molecule has 1 amide bonds. The number of ether oxygens (including phenoxy) is 1. The first-order valence-electron chi connectivity index (χ1n) is 14.6. The number of pyridine rings is 1. The molecule has 3 aliphatic rings. The van der Waals surface area contributed by atoms with E-state index in [1.807, 2.05) is 32.0 Å². The molecule has 2 atom stereocenters. The minimum absolute atomic E-state index is 0.0845. The molecule has 0 saturated carbocycles. The van der Waals surface area contributed by atoms with Crippen LogP contribution in [0.25, 0.3) is 32.9 Å². The fraction of sp³-hybridized carbons (Fsp3) is 0.375. The van der Waals surface area contributed by atoms with Crippen molar-refractivity contribution >= 4 is 45.0 Å². The lowest BCUT2D eigenvalue weighted by molar-refractivity contribution is -0.126. The fourth-order valence-electron chi connectivity index (χ4n) is 6.94. The number of nitriles is 1. The first-order valence-corrected chi connectivity index (χ1v) is 15.0. The number of anilines is 1. The molecule has 43 heavy (non-hydrogen) atoms. The van der Waals surface area contributed by atoms with Crippen molar-refractivity contribution in [3.8, 4) is 22.9 Å². The molecule has 4 aromatic rings. The Morgan fingerprint density at radius 2 is 2.07 bits per heavy atom. The second-order valence-corrected chi connectivity index (χ2v) is 12.1. The van der Waals surface area contributed by atoms with Crippen molar-refractivity contribution in [3.05, 3.63) is 63.6 Å². The van der Waals surface area contributed by atoms with E-state index in [0.717, 1.165) is 41.5 Å². The van der Waals surface area contributed by atoms with Crippen LogP contribution in [0.5, 0.6) is 5.75 Å². The van der Waals surface area contributed by atoms with Gasteiger partial charge in [-0.3, -0.25) is 19.3 Å². The predicted molar refractivity (Wildman–Crippen MR) is 167 cm³/mol.